The molecule has 2 aromatic rings. The first-order chi connectivity index (χ1) is 7.66. The van der Waals surface area contributed by atoms with Crippen LogP contribution < -0.4 is 4.74 Å². The third-order valence-corrected chi connectivity index (χ3v) is 2.89. The Bertz CT molecular complexity index is 511. The van der Waals surface area contributed by atoms with E-state index in [0.29, 0.717) is 0 Å². The molecular formula is C13H12BrNO. The molecule has 2 nitrogen and oxygen atoms in total. The quantitative estimate of drug-likeness (QED) is 0.819. The van der Waals surface area contributed by atoms with Crippen LogP contribution in [0.4, 0.5) is 0 Å². The second kappa shape index (κ2) is 4.66. The number of pyridine rings is 1. The molecule has 1 aromatic heterocycles. The maximum Gasteiger partial charge on any atom is 0.144 e. The van der Waals surface area contributed by atoms with Gasteiger partial charge in [0, 0.05) is 18.5 Å². The molecule has 0 saturated carbocycles. The number of rotatable bonds is 2. The summed E-state index contributed by atoms with van der Waals surface area (Å²) in [5, 5.41) is 0. The number of aryl methyl sites for hydroxylation is 2. The number of aromatic nitrogens is 1. The molecule has 0 radical (unpaired) electrons. The smallest absolute Gasteiger partial charge is 0.144 e. The maximum atomic E-state index is 5.83. The normalized spacial score (nSPS) is 10.2. The van der Waals surface area contributed by atoms with Crippen LogP contribution in [0.3, 0.4) is 0 Å². The van der Waals surface area contributed by atoms with E-state index in [2.05, 4.69) is 33.0 Å². The molecule has 0 aliphatic heterocycles. The van der Waals surface area contributed by atoms with Gasteiger partial charge in [-0.3, -0.25) is 4.98 Å². The number of benzene rings is 1. The van der Waals surface area contributed by atoms with Crippen LogP contribution in [0, 0.1) is 13.8 Å². The van der Waals surface area contributed by atoms with Crippen LogP contribution in [-0.4, -0.2) is 4.98 Å². The van der Waals surface area contributed by atoms with Gasteiger partial charge in [0.15, 0.2) is 0 Å². The SMILES string of the molecule is Cc1ccc(C)c(Oc2ccncc2Br)c1. The summed E-state index contributed by atoms with van der Waals surface area (Å²) < 4.78 is 6.69. The third-order valence-electron chi connectivity index (χ3n) is 2.30. The summed E-state index contributed by atoms with van der Waals surface area (Å²) in [7, 11) is 0. The van der Waals surface area contributed by atoms with E-state index in [9.17, 15) is 0 Å². The Kier molecular flexibility index (Phi) is 3.25. The fraction of sp³-hybridized carbons (Fsp3) is 0.154. The van der Waals surface area contributed by atoms with Gasteiger partial charge >= 0.3 is 0 Å². The highest BCUT2D eigenvalue weighted by molar-refractivity contribution is 9.10. The van der Waals surface area contributed by atoms with E-state index in [0.717, 1.165) is 21.5 Å². The molecular weight excluding hydrogens is 266 g/mol. The number of nitrogens with zero attached hydrogens (tertiary/aromatic N) is 1. The molecule has 0 fully saturated rings. The summed E-state index contributed by atoms with van der Waals surface area (Å²) in [5.41, 5.74) is 2.31. The summed E-state index contributed by atoms with van der Waals surface area (Å²) in [6.07, 6.45) is 3.44. The van der Waals surface area contributed by atoms with E-state index in [1.54, 1.807) is 12.4 Å². The average molecular weight is 278 g/mol. The van der Waals surface area contributed by atoms with Gasteiger partial charge in [0.05, 0.1) is 4.47 Å². The molecule has 0 spiro atoms. The summed E-state index contributed by atoms with van der Waals surface area (Å²) in [4.78, 5) is 4.00. The zero-order valence-electron chi connectivity index (χ0n) is 9.20. The van der Waals surface area contributed by atoms with Gasteiger partial charge in [0.1, 0.15) is 11.5 Å². The second-order valence-electron chi connectivity index (χ2n) is 3.68. The van der Waals surface area contributed by atoms with E-state index >= 15 is 0 Å². The van der Waals surface area contributed by atoms with Gasteiger partial charge in [0.2, 0.25) is 0 Å². The fourth-order valence-corrected chi connectivity index (χ4v) is 1.71. The largest absolute Gasteiger partial charge is 0.456 e. The lowest BCUT2D eigenvalue weighted by atomic mass is 10.1. The molecule has 16 heavy (non-hydrogen) atoms. The number of hydrogen-bond donors (Lipinski definition) is 0. The van der Waals surface area contributed by atoms with Gasteiger partial charge in [-0.1, -0.05) is 12.1 Å². The molecule has 0 saturated heterocycles. The van der Waals surface area contributed by atoms with Crippen molar-refractivity contribution in [3.8, 4) is 11.5 Å². The highest BCUT2D eigenvalue weighted by Crippen LogP contribution is 2.30. The highest BCUT2D eigenvalue weighted by Gasteiger charge is 2.04. The Labute approximate surface area is 103 Å². The van der Waals surface area contributed by atoms with Gasteiger partial charge in [-0.25, -0.2) is 0 Å². The lowest BCUT2D eigenvalue weighted by Crippen LogP contribution is -1.89. The Morgan fingerprint density at radius 3 is 2.69 bits per heavy atom. The zero-order chi connectivity index (χ0) is 11.5. The number of ether oxygens (including phenoxy) is 1. The molecule has 1 heterocycles. The maximum absolute atomic E-state index is 5.83. The van der Waals surface area contributed by atoms with Crippen molar-refractivity contribution in [2.75, 3.05) is 0 Å². The van der Waals surface area contributed by atoms with E-state index < -0.39 is 0 Å². The minimum Gasteiger partial charge on any atom is -0.456 e. The highest BCUT2D eigenvalue weighted by atomic mass is 79.9. The van der Waals surface area contributed by atoms with Gasteiger partial charge < -0.3 is 4.74 Å². The Morgan fingerprint density at radius 1 is 1.12 bits per heavy atom. The molecule has 0 aliphatic rings. The van der Waals surface area contributed by atoms with E-state index in [1.165, 1.54) is 5.56 Å². The van der Waals surface area contributed by atoms with Crippen molar-refractivity contribution >= 4 is 15.9 Å². The van der Waals surface area contributed by atoms with Crippen molar-refractivity contribution in [2.24, 2.45) is 0 Å². The van der Waals surface area contributed by atoms with Crippen LogP contribution in [0.1, 0.15) is 11.1 Å². The summed E-state index contributed by atoms with van der Waals surface area (Å²) >= 11 is 3.41. The standard InChI is InChI=1S/C13H12BrNO/c1-9-3-4-10(2)13(7-9)16-12-5-6-15-8-11(12)14/h3-8H,1-2H3. The predicted molar refractivity (Wildman–Crippen MR) is 67.9 cm³/mol. The fourth-order valence-electron chi connectivity index (χ4n) is 1.38. The summed E-state index contributed by atoms with van der Waals surface area (Å²) in [6, 6.07) is 8.00. The van der Waals surface area contributed by atoms with Crippen LogP contribution in [0.25, 0.3) is 0 Å². The van der Waals surface area contributed by atoms with Crippen LogP contribution in [0.5, 0.6) is 11.5 Å². The first kappa shape index (κ1) is 11.1. The Morgan fingerprint density at radius 2 is 1.94 bits per heavy atom. The van der Waals surface area contributed by atoms with Crippen molar-refractivity contribution in [2.45, 2.75) is 13.8 Å². The molecule has 0 amide bonds. The molecule has 0 unspecified atom stereocenters. The molecule has 3 heteroatoms. The topological polar surface area (TPSA) is 22.1 Å². The second-order valence-corrected chi connectivity index (χ2v) is 4.53. The van der Waals surface area contributed by atoms with Gasteiger partial charge in [-0.05, 0) is 47.0 Å². The van der Waals surface area contributed by atoms with Crippen LogP contribution in [-0.2, 0) is 0 Å². The monoisotopic (exact) mass is 277 g/mol. The van der Waals surface area contributed by atoms with Crippen molar-refractivity contribution in [3.63, 3.8) is 0 Å². The van der Waals surface area contributed by atoms with Crippen LogP contribution in [0.2, 0.25) is 0 Å². The minimum absolute atomic E-state index is 0.781. The van der Waals surface area contributed by atoms with Gasteiger partial charge in [-0.2, -0.15) is 0 Å². The van der Waals surface area contributed by atoms with Crippen molar-refractivity contribution in [1.29, 1.82) is 0 Å². The Balaban J connectivity index is 2.34. The van der Waals surface area contributed by atoms with Crippen LogP contribution >= 0.6 is 15.9 Å². The number of hydrogen-bond acceptors (Lipinski definition) is 2. The molecule has 82 valence electrons. The molecule has 0 bridgehead atoms. The molecule has 0 N–H and O–H groups in total. The molecule has 2 rings (SSSR count). The van der Waals surface area contributed by atoms with Crippen molar-refractivity contribution in [3.05, 3.63) is 52.3 Å². The van der Waals surface area contributed by atoms with E-state index in [-0.39, 0.29) is 0 Å². The van der Waals surface area contributed by atoms with Gasteiger partial charge in [-0.15, -0.1) is 0 Å². The molecule has 0 aliphatic carbocycles. The lowest BCUT2D eigenvalue weighted by molar-refractivity contribution is 0.474. The van der Waals surface area contributed by atoms with Crippen molar-refractivity contribution < 1.29 is 4.74 Å². The molecule has 0 atom stereocenters. The zero-order valence-corrected chi connectivity index (χ0v) is 10.8. The first-order valence-electron chi connectivity index (χ1n) is 5.01. The number of halogens is 1. The average Bonchev–Trinajstić information content (AvgIpc) is 2.27. The summed E-state index contributed by atoms with van der Waals surface area (Å²) in [6.45, 7) is 4.08. The van der Waals surface area contributed by atoms with Gasteiger partial charge in [0.25, 0.3) is 0 Å². The van der Waals surface area contributed by atoms with E-state index in [4.69, 9.17) is 4.74 Å². The lowest BCUT2D eigenvalue weighted by Gasteiger charge is -2.10. The first-order valence-corrected chi connectivity index (χ1v) is 5.81. The van der Waals surface area contributed by atoms with Crippen LogP contribution in [0.15, 0.2) is 41.1 Å². The molecule has 1 aromatic carbocycles. The predicted octanol–water partition coefficient (Wildman–Crippen LogP) is 4.25. The minimum atomic E-state index is 0.781. The summed E-state index contributed by atoms with van der Waals surface area (Å²) in [5.74, 6) is 1.66. The van der Waals surface area contributed by atoms with Crippen molar-refractivity contribution in [1.82, 2.24) is 4.98 Å². The third kappa shape index (κ3) is 2.42. The Hall–Kier alpha value is -1.35. The van der Waals surface area contributed by atoms with E-state index in [1.807, 2.05) is 26.0 Å².